The predicted molar refractivity (Wildman–Crippen MR) is 185 cm³/mol. The number of likely N-dealkylation sites (tertiary alicyclic amines) is 2. The lowest BCUT2D eigenvalue weighted by Gasteiger charge is -2.46. The number of hydrogen-bond donors (Lipinski definition) is 0. The van der Waals surface area contributed by atoms with Gasteiger partial charge in [-0.2, -0.15) is 4.39 Å². The molecule has 0 N–H and O–H groups in total. The number of amides is 3. The summed E-state index contributed by atoms with van der Waals surface area (Å²) in [4.78, 5) is 51.3. The molecule has 4 fully saturated rings. The molecule has 2 bridgehead atoms. The average molecular weight is 730 g/mol. The third-order valence-electron chi connectivity index (χ3n) is 10.2. The monoisotopic (exact) mass is 729 g/mol. The van der Waals surface area contributed by atoms with E-state index in [4.69, 9.17) is 14.2 Å². The molecule has 3 aliphatic heterocycles. The molecule has 2 aromatic rings. The number of carbonyl (C=O) groups excluding carboxylic acids is 3. The van der Waals surface area contributed by atoms with Crippen molar-refractivity contribution in [2.24, 2.45) is 0 Å². The number of pyridine rings is 1. The van der Waals surface area contributed by atoms with Gasteiger partial charge in [0.15, 0.2) is 11.6 Å². The van der Waals surface area contributed by atoms with E-state index in [1.807, 2.05) is 25.7 Å². The topological polar surface area (TPSA) is 105 Å². The molecule has 284 valence electrons. The molecule has 4 aliphatic rings. The Morgan fingerprint density at radius 1 is 0.904 bits per heavy atom. The second-order valence-corrected chi connectivity index (χ2v) is 16.4. The minimum atomic E-state index is -0.952. The number of piperidine rings is 1. The molecule has 1 saturated carbocycles. The number of carbonyl (C=O) groups is 3. The van der Waals surface area contributed by atoms with Gasteiger partial charge in [-0.25, -0.2) is 23.4 Å². The van der Waals surface area contributed by atoms with Gasteiger partial charge in [-0.3, -0.25) is 19.5 Å². The molecule has 3 saturated heterocycles. The van der Waals surface area contributed by atoms with Crippen molar-refractivity contribution in [1.29, 1.82) is 0 Å². The van der Waals surface area contributed by atoms with Crippen LogP contribution in [0.2, 0.25) is 0 Å². The van der Waals surface area contributed by atoms with Crippen LogP contribution in [0.5, 0.6) is 5.75 Å². The summed E-state index contributed by atoms with van der Waals surface area (Å²) in [5.74, 6) is -3.55. The van der Waals surface area contributed by atoms with Gasteiger partial charge in [0, 0.05) is 79.7 Å². The van der Waals surface area contributed by atoms with Crippen molar-refractivity contribution < 1.29 is 41.8 Å². The Kier molecular flexibility index (Phi) is 10.7. The molecule has 1 aliphatic carbocycles. The van der Waals surface area contributed by atoms with Crippen molar-refractivity contribution in [3.05, 3.63) is 59.2 Å². The quantitative estimate of drug-likeness (QED) is 0.294. The fraction of sp³-hybridized carbons (Fsp3) is 0.632. The van der Waals surface area contributed by atoms with Gasteiger partial charge < -0.3 is 19.1 Å². The summed E-state index contributed by atoms with van der Waals surface area (Å²) < 4.78 is 60.9. The lowest BCUT2D eigenvalue weighted by Crippen LogP contribution is -2.60. The summed E-state index contributed by atoms with van der Waals surface area (Å²) in [6, 6.07) is 4.74. The first-order valence-electron chi connectivity index (χ1n) is 18.2. The Labute approximate surface area is 303 Å². The van der Waals surface area contributed by atoms with Crippen LogP contribution in [0.25, 0.3) is 0 Å². The van der Waals surface area contributed by atoms with E-state index in [0.29, 0.717) is 25.6 Å². The molecule has 14 heteroatoms. The van der Waals surface area contributed by atoms with E-state index < -0.39 is 46.8 Å². The first-order valence-corrected chi connectivity index (χ1v) is 18.2. The molecule has 4 atom stereocenters. The van der Waals surface area contributed by atoms with Gasteiger partial charge >= 0.3 is 12.2 Å². The van der Waals surface area contributed by atoms with Crippen LogP contribution in [0.3, 0.4) is 0 Å². The number of benzene rings is 1. The molecule has 2 unspecified atom stereocenters. The smallest absolute Gasteiger partial charge is 0.411 e. The Morgan fingerprint density at radius 3 is 2.17 bits per heavy atom. The minimum absolute atomic E-state index is 0.102. The minimum Gasteiger partial charge on any atom is -0.485 e. The maximum atomic E-state index is 15.1. The van der Waals surface area contributed by atoms with Gasteiger partial charge in [0.2, 0.25) is 11.9 Å². The lowest BCUT2D eigenvalue weighted by atomic mass is 10.0. The fourth-order valence-corrected chi connectivity index (χ4v) is 7.76. The standard InChI is InChI=1S/C38H50F3N5O6/c1-37(2,3)51-35(48)45(31-18-28(31)29-16-24(39)17-30(40)33(29)50-22-23-8-7-13-42-34(23)41)21-32(47)43-14-11-25(12-15-43)44-19-26-9-10-27(20-44)46(26)36(49)52-38(4,5)6/h7-8,13,16-17,25-28,31H,9-12,14-15,18-22H2,1-6H3/t26?,27?,28-,31+/m0/s1. The van der Waals surface area contributed by atoms with Gasteiger partial charge in [0.1, 0.15) is 30.2 Å². The molecule has 52 heavy (non-hydrogen) atoms. The number of rotatable bonds is 8. The third kappa shape index (κ3) is 8.75. The SMILES string of the molecule is CC(C)(C)OC(=O)N1C2CCC1CN(C1CCN(C(=O)CN(C(=O)OC(C)(C)C)[C@@H]3C[C@H]3c3cc(F)cc(F)c3OCc3cccnc3F)CC1)C2. The molecule has 4 heterocycles. The molecule has 0 radical (unpaired) electrons. The fourth-order valence-electron chi connectivity index (χ4n) is 7.76. The Balaban J connectivity index is 1.09. The highest BCUT2D eigenvalue weighted by atomic mass is 19.1. The summed E-state index contributed by atoms with van der Waals surface area (Å²) in [5.41, 5.74) is -1.11. The highest BCUT2D eigenvalue weighted by Gasteiger charge is 2.50. The first-order chi connectivity index (χ1) is 24.5. The first kappa shape index (κ1) is 37.7. The van der Waals surface area contributed by atoms with Gasteiger partial charge in [0.25, 0.3) is 0 Å². The molecular formula is C38H50F3N5O6. The second kappa shape index (κ2) is 14.7. The number of nitrogens with zero attached hydrogens (tertiary/aromatic N) is 5. The zero-order chi connectivity index (χ0) is 37.5. The maximum Gasteiger partial charge on any atom is 0.411 e. The van der Waals surface area contributed by atoms with Crippen molar-refractivity contribution in [1.82, 2.24) is 24.6 Å². The third-order valence-corrected chi connectivity index (χ3v) is 10.2. The molecular weight excluding hydrogens is 679 g/mol. The Hall–Kier alpha value is -4.07. The van der Waals surface area contributed by atoms with Crippen LogP contribution in [0, 0.1) is 17.6 Å². The van der Waals surface area contributed by atoms with Crippen LogP contribution < -0.4 is 4.74 Å². The van der Waals surface area contributed by atoms with Crippen molar-refractivity contribution in [2.75, 3.05) is 32.7 Å². The predicted octanol–water partition coefficient (Wildman–Crippen LogP) is 6.25. The van der Waals surface area contributed by atoms with Gasteiger partial charge in [-0.05, 0) is 91.8 Å². The van der Waals surface area contributed by atoms with Crippen LogP contribution in [0.1, 0.15) is 90.7 Å². The Bertz CT molecular complexity index is 1640. The number of halogens is 3. The van der Waals surface area contributed by atoms with E-state index in [0.717, 1.165) is 44.8 Å². The van der Waals surface area contributed by atoms with Crippen LogP contribution >= 0.6 is 0 Å². The zero-order valence-corrected chi connectivity index (χ0v) is 30.9. The van der Waals surface area contributed by atoms with Crippen molar-refractivity contribution in [2.45, 2.75) is 122 Å². The molecule has 3 amide bonds. The molecule has 1 aromatic carbocycles. The van der Waals surface area contributed by atoms with E-state index in [1.54, 1.807) is 25.7 Å². The highest BCUT2D eigenvalue weighted by molar-refractivity contribution is 5.83. The van der Waals surface area contributed by atoms with E-state index in [1.165, 1.54) is 23.2 Å². The van der Waals surface area contributed by atoms with E-state index in [9.17, 15) is 23.2 Å². The molecule has 11 nitrogen and oxygen atoms in total. The number of fused-ring (bicyclic) bond motifs is 2. The molecule has 1 aromatic heterocycles. The second-order valence-electron chi connectivity index (χ2n) is 16.4. The van der Waals surface area contributed by atoms with Gasteiger partial charge in [0.05, 0.1) is 0 Å². The van der Waals surface area contributed by atoms with Crippen LogP contribution in [-0.2, 0) is 20.9 Å². The zero-order valence-electron chi connectivity index (χ0n) is 30.9. The summed E-state index contributed by atoms with van der Waals surface area (Å²) in [7, 11) is 0. The highest BCUT2D eigenvalue weighted by Crippen LogP contribution is 2.49. The number of hydrogen-bond acceptors (Lipinski definition) is 8. The van der Waals surface area contributed by atoms with Crippen LogP contribution in [-0.4, -0.2) is 111 Å². The number of aromatic nitrogens is 1. The van der Waals surface area contributed by atoms with Crippen molar-refractivity contribution in [3.8, 4) is 5.75 Å². The summed E-state index contributed by atoms with van der Waals surface area (Å²) in [6.45, 7) is 12.8. The van der Waals surface area contributed by atoms with Gasteiger partial charge in [-0.1, -0.05) is 0 Å². The number of piperazine rings is 1. The molecule has 6 rings (SSSR count). The van der Waals surface area contributed by atoms with Crippen molar-refractivity contribution in [3.63, 3.8) is 0 Å². The van der Waals surface area contributed by atoms with E-state index in [-0.39, 0.29) is 60.2 Å². The van der Waals surface area contributed by atoms with E-state index in [2.05, 4.69) is 9.88 Å². The maximum absolute atomic E-state index is 15.1. The summed E-state index contributed by atoms with van der Waals surface area (Å²) >= 11 is 0. The summed E-state index contributed by atoms with van der Waals surface area (Å²) in [5, 5.41) is 0. The lowest BCUT2D eigenvalue weighted by molar-refractivity contribution is -0.134. The largest absolute Gasteiger partial charge is 0.485 e. The summed E-state index contributed by atoms with van der Waals surface area (Å²) in [6.07, 6.45) is 4.07. The van der Waals surface area contributed by atoms with Gasteiger partial charge in [-0.15, -0.1) is 0 Å². The van der Waals surface area contributed by atoms with Crippen molar-refractivity contribution >= 4 is 18.1 Å². The van der Waals surface area contributed by atoms with Crippen LogP contribution in [0.15, 0.2) is 30.5 Å². The molecule has 0 spiro atoms. The van der Waals surface area contributed by atoms with Crippen LogP contribution in [0.4, 0.5) is 22.8 Å². The van der Waals surface area contributed by atoms with E-state index >= 15 is 4.39 Å². The average Bonchev–Trinajstić information content (AvgIpc) is 3.79. The Morgan fingerprint density at radius 2 is 1.56 bits per heavy atom. The normalized spacial score (nSPS) is 23.7. The number of ether oxygens (including phenoxy) is 3.